The van der Waals surface area contributed by atoms with Crippen LogP contribution in [0.1, 0.15) is 118 Å². The fourth-order valence-electron chi connectivity index (χ4n) is 3.44. The van der Waals surface area contributed by atoms with Gasteiger partial charge in [-0.1, -0.05) is 78.1 Å². The monoisotopic (exact) mass is 448 g/mol. The average molecular weight is 449 g/mol. The minimum Gasteiger partial charge on any atom is -0.491 e. The molecule has 1 aromatic carbocycles. The molecule has 0 amide bonds. The van der Waals surface area contributed by atoms with Gasteiger partial charge in [0.1, 0.15) is 5.75 Å². The first-order chi connectivity index (χ1) is 15.5. The Morgan fingerprint density at radius 2 is 1.16 bits per heavy atom. The van der Waals surface area contributed by atoms with E-state index in [9.17, 15) is 9.59 Å². The lowest BCUT2D eigenvalue weighted by molar-refractivity contribution is -0.137. The van der Waals surface area contributed by atoms with Gasteiger partial charge in [-0.25, -0.2) is 0 Å². The van der Waals surface area contributed by atoms with Crippen LogP contribution in [0.4, 0.5) is 0 Å². The molecular formula is C27H44O5. The van der Waals surface area contributed by atoms with Gasteiger partial charge in [0.25, 0.3) is 0 Å². The molecule has 182 valence electrons. The van der Waals surface area contributed by atoms with Crippen molar-refractivity contribution in [1.82, 2.24) is 0 Å². The van der Waals surface area contributed by atoms with E-state index in [0.29, 0.717) is 18.6 Å². The van der Waals surface area contributed by atoms with Crippen LogP contribution in [-0.2, 0) is 9.59 Å². The molecule has 1 aromatic rings. The van der Waals surface area contributed by atoms with Crippen LogP contribution in [0.5, 0.6) is 17.2 Å². The van der Waals surface area contributed by atoms with E-state index >= 15 is 0 Å². The Labute approximate surface area is 195 Å². The fraction of sp³-hybridized carbons (Fsp3) is 0.704. The zero-order chi connectivity index (χ0) is 23.6. The quantitative estimate of drug-likeness (QED) is 0.130. The molecule has 0 saturated heterocycles. The molecule has 0 aromatic heterocycles. The van der Waals surface area contributed by atoms with Crippen LogP contribution in [0.3, 0.4) is 0 Å². The fourth-order valence-corrected chi connectivity index (χ4v) is 3.44. The SMILES string of the molecule is CCCCCCCCC(=O)Oc1ccc(OC(C)C)cc1OC(=O)CCCCCCCC. The number of esters is 2. The molecule has 0 N–H and O–H groups in total. The van der Waals surface area contributed by atoms with Gasteiger partial charge in [-0.2, -0.15) is 0 Å². The number of rotatable bonds is 18. The second-order valence-electron chi connectivity index (χ2n) is 8.76. The maximum atomic E-state index is 12.4. The highest BCUT2D eigenvalue weighted by Gasteiger charge is 2.16. The molecule has 5 nitrogen and oxygen atoms in total. The lowest BCUT2D eigenvalue weighted by Gasteiger charge is -2.14. The third kappa shape index (κ3) is 13.4. The maximum absolute atomic E-state index is 12.4. The number of carbonyl (C=O) groups excluding carboxylic acids is 2. The van der Waals surface area contributed by atoms with Crippen molar-refractivity contribution in [2.24, 2.45) is 0 Å². The molecule has 0 fully saturated rings. The summed E-state index contributed by atoms with van der Waals surface area (Å²) in [7, 11) is 0. The Morgan fingerprint density at radius 1 is 0.688 bits per heavy atom. The van der Waals surface area contributed by atoms with Crippen LogP contribution in [0.15, 0.2) is 18.2 Å². The highest BCUT2D eigenvalue weighted by atomic mass is 16.6. The van der Waals surface area contributed by atoms with E-state index in [-0.39, 0.29) is 29.5 Å². The van der Waals surface area contributed by atoms with Crippen LogP contribution in [0, 0.1) is 0 Å². The normalized spacial score (nSPS) is 10.9. The molecule has 0 spiro atoms. The Kier molecular flexibility index (Phi) is 15.3. The number of benzene rings is 1. The summed E-state index contributed by atoms with van der Waals surface area (Å²) in [6, 6.07) is 5.01. The largest absolute Gasteiger partial charge is 0.491 e. The first-order valence-corrected chi connectivity index (χ1v) is 12.7. The van der Waals surface area contributed by atoms with Gasteiger partial charge in [-0.3, -0.25) is 9.59 Å². The van der Waals surface area contributed by atoms with Crippen molar-refractivity contribution >= 4 is 11.9 Å². The van der Waals surface area contributed by atoms with Crippen molar-refractivity contribution in [3.8, 4) is 17.2 Å². The summed E-state index contributed by atoms with van der Waals surface area (Å²) in [6.45, 7) is 8.23. The molecule has 0 bridgehead atoms. The minimum atomic E-state index is -0.310. The summed E-state index contributed by atoms with van der Waals surface area (Å²) < 4.78 is 16.8. The number of hydrogen-bond acceptors (Lipinski definition) is 5. The van der Waals surface area contributed by atoms with E-state index in [1.54, 1.807) is 18.2 Å². The van der Waals surface area contributed by atoms with E-state index in [0.717, 1.165) is 38.5 Å². The first-order valence-electron chi connectivity index (χ1n) is 12.7. The van der Waals surface area contributed by atoms with Crippen LogP contribution in [0.25, 0.3) is 0 Å². The van der Waals surface area contributed by atoms with Gasteiger partial charge in [0.2, 0.25) is 0 Å². The maximum Gasteiger partial charge on any atom is 0.311 e. The molecule has 0 unspecified atom stereocenters. The molecule has 0 saturated carbocycles. The van der Waals surface area contributed by atoms with E-state index in [4.69, 9.17) is 14.2 Å². The summed E-state index contributed by atoms with van der Waals surface area (Å²) in [5.74, 6) is 0.489. The molecule has 0 aliphatic carbocycles. The van der Waals surface area contributed by atoms with Crippen molar-refractivity contribution < 1.29 is 23.8 Å². The van der Waals surface area contributed by atoms with Gasteiger partial charge in [0.05, 0.1) is 6.10 Å². The Hall–Kier alpha value is -2.04. The molecule has 0 heterocycles. The number of ether oxygens (including phenoxy) is 3. The van der Waals surface area contributed by atoms with E-state index in [2.05, 4.69) is 13.8 Å². The summed E-state index contributed by atoms with van der Waals surface area (Å²) in [4.78, 5) is 24.7. The molecule has 0 aliphatic heterocycles. The first kappa shape index (κ1) is 28.0. The van der Waals surface area contributed by atoms with Gasteiger partial charge in [-0.15, -0.1) is 0 Å². The van der Waals surface area contributed by atoms with Crippen LogP contribution in [-0.4, -0.2) is 18.0 Å². The van der Waals surface area contributed by atoms with Gasteiger partial charge in [-0.05, 0) is 38.8 Å². The van der Waals surface area contributed by atoms with Crippen LogP contribution >= 0.6 is 0 Å². The zero-order valence-electron chi connectivity index (χ0n) is 20.8. The predicted molar refractivity (Wildman–Crippen MR) is 129 cm³/mol. The molecule has 0 radical (unpaired) electrons. The van der Waals surface area contributed by atoms with E-state index in [1.165, 1.54) is 38.5 Å². The molecular weight excluding hydrogens is 404 g/mol. The third-order valence-electron chi connectivity index (χ3n) is 5.20. The second kappa shape index (κ2) is 17.5. The van der Waals surface area contributed by atoms with Crippen molar-refractivity contribution in [3.05, 3.63) is 18.2 Å². The summed E-state index contributed by atoms with van der Waals surface area (Å²) in [5, 5.41) is 0. The van der Waals surface area contributed by atoms with Crippen LogP contribution in [0.2, 0.25) is 0 Å². The van der Waals surface area contributed by atoms with Gasteiger partial charge in [0.15, 0.2) is 11.5 Å². The van der Waals surface area contributed by atoms with E-state index in [1.807, 2.05) is 13.8 Å². The summed E-state index contributed by atoms with van der Waals surface area (Å²) >= 11 is 0. The van der Waals surface area contributed by atoms with Crippen molar-refractivity contribution in [3.63, 3.8) is 0 Å². The molecule has 0 aliphatic rings. The predicted octanol–water partition coefficient (Wildman–Crippen LogP) is 7.79. The lowest BCUT2D eigenvalue weighted by Crippen LogP contribution is -2.13. The highest BCUT2D eigenvalue weighted by Crippen LogP contribution is 2.33. The molecule has 32 heavy (non-hydrogen) atoms. The van der Waals surface area contributed by atoms with Crippen LogP contribution < -0.4 is 14.2 Å². The van der Waals surface area contributed by atoms with Gasteiger partial charge in [0, 0.05) is 18.9 Å². The standard InChI is InChI=1S/C27H44O5/c1-5-7-9-11-13-15-17-26(28)31-24-20-19-23(30-22(3)4)21-25(24)32-27(29)18-16-14-12-10-8-6-2/h19-22H,5-18H2,1-4H3. The third-order valence-corrected chi connectivity index (χ3v) is 5.20. The molecule has 1 rings (SSSR count). The van der Waals surface area contributed by atoms with Crippen molar-refractivity contribution in [2.45, 2.75) is 124 Å². The smallest absolute Gasteiger partial charge is 0.311 e. The second-order valence-corrected chi connectivity index (χ2v) is 8.76. The molecule has 0 atom stereocenters. The van der Waals surface area contributed by atoms with E-state index < -0.39 is 0 Å². The lowest BCUT2D eigenvalue weighted by atomic mass is 10.1. The van der Waals surface area contributed by atoms with Crippen molar-refractivity contribution in [1.29, 1.82) is 0 Å². The van der Waals surface area contributed by atoms with Crippen molar-refractivity contribution in [2.75, 3.05) is 0 Å². The number of carbonyl (C=O) groups is 2. The highest BCUT2D eigenvalue weighted by molar-refractivity contribution is 5.76. The summed E-state index contributed by atoms with van der Waals surface area (Å²) in [5.41, 5.74) is 0. The topological polar surface area (TPSA) is 61.8 Å². The number of hydrogen-bond donors (Lipinski definition) is 0. The Bertz CT molecular complexity index is 653. The average Bonchev–Trinajstić information content (AvgIpc) is 2.74. The zero-order valence-corrected chi connectivity index (χ0v) is 20.8. The Morgan fingerprint density at radius 3 is 1.66 bits per heavy atom. The summed E-state index contributed by atoms with van der Waals surface area (Å²) in [6.07, 6.45) is 13.9. The van der Waals surface area contributed by atoms with Gasteiger partial charge < -0.3 is 14.2 Å². The number of unbranched alkanes of at least 4 members (excludes halogenated alkanes) is 10. The molecule has 5 heteroatoms. The minimum absolute atomic E-state index is 0.0113. The Balaban J connectivity index is 2.61. The van der Waals surface area contributed by atoms with Gasteiger partial charge >= 0.3 is 11.9 Å².